The molecule has 2 aromatic carbocycles. The van der Waals surface area contributed by atoms with E-state index < -0.39 is 10.0 Å². The van der Waals surface area contributed by atoms with Crippen LogP contribution in [-0.2, 0) is 14.8 Å². The normalized spacial score (nSPS) is 20.5. The predicted molar refractivity (Wildman–Crippen MR) is 120 cm³/mol. The van der Waals surface area contributed by atoms with Gasteiger partial charge in [-0.15, -0.1) is 0 Å². The zero-order valence-electron chi connectivity index (χ0n) is 17.8. The maximum absolute atomic E-state index is 13.2. The van der Waals surface area contributed by atoms with Gasteiger partial charge in [-0.25, -0.2) is 8.42 Å². The van der Waals surface area contributed by atoms with E-state index in [1.54, 1.807) is 37.4 Å². The minimum Gasteiger partial charge on any atom is -0.497 e. The second kappa shape index (κ2) is 9.28. The number of carbonyl (C=O) groups is 1. The first kappa shape index (κ1) is 21.6. The summed E-state index contributed by atoms with van der Waals surface area (Å²) in [5.41, 5.74) is 1.12. The fraction of sp³-hybridized carbons (Fsp3) is 0.435. The average molecular weight is 444 g/mol. The molecule has 2 aliphatic rings. The van der Waals surface area contributed by atoms with Crippen molar-refractivity contribution in [3.63, 3.8) is 0 Å². The number of ether oxygens (including phenoxy) is 1. The number of hydrogen-bond acceptors (Lipinski definition) is 5. The first-order valence-electron chi connectivity index (χ1n) is 10.7. The van der Waals surface area contributed by atoms with E-state index in [1.165, 1.54) is 4.31 Å². The molecule has 0 saturated carbocycles. The molecule has 2 aromatic rings. The van der Waals surface area contributed by atoms with Crippen molar-refractivity contribution in [2.75, 3.05) is 51.3 Å². The SMILES string of the molecule is COc1ccc(N2CCN(C(=O)[C@@H]3CCCN(S(=O)(=O)c4ccccc4)C3)CC2)cc1. The van der Waals surface area contributed by atoms with Crippen LogP contribution >= 0.6 is 0 Å². The quantitative estimate of drug-likeness (QED) is 0.710. The van der Waals surface area contributed by atoms with Gasteiger partial charge in [-0.2, -0.15) is 4.31 Å². The number of carbonyl (C=O) groups excluding carboxylic acids is 1. The van der Waals surface area contributed by atoms with Crippen molar-refractivity contribution in [1.29, 1.82) is 0 Å². The molecule has 8 heteroatoms. The molecule has 0 radical (unpaired) electrons. The van der Waals surface area contributed by atoms with E-state index in [2.05, 4.69) is 4.90 Å². The molecule has 0 bridgehead atoms. The number of nitrogens with zero attached hydrogens (tertiary/aromatic N) is 3. The van der Waals surface area contributed by atoms with Crippen molar-refractivity contribution in [3.8, 4) is 5.75 Å². The van der Waals surface area contributed by atoms with Crippen LogP contribution in [0.2, 0.25) is 0 Å². The van der Waals surface area contributed by atoms with Crippen LogP contribution < -0.4 is 9.64 Å². The van der Waals surface area contributed by atoms with Crippen LogP contribution in [-0.4, -0.2) is 69.9 Å². The summed E-state index contributed by atoms with van der Waals surface area (Å²) >= 11 is 0. The molecule has 1 amide bonds. The number of hydrogen-bond donors (Lipinski definition) is 0. The highest BCUT2D eigenvalue weighted by Gasteiger charge is 2.35. The van der Waals surface area contributed by atoms with Crippen molar-refractivity contribution in [2.24, 2.45) is 5.92 Å². The van der Waals surface area contributed by atoms with Gasteiger partial charge in [-0.1, -0.05) is 18.2 Å². The number of methoxy groups -OCH3 is 1. The minimum atomic E-state index is -3.57. The maximum Gasteiger partial charge on any atom is 0.243 e. The van der Waals surface area contributed by atoms with Crippen LogP contribution in [0.15, 0.2) is 59.5 Å². The highest BCUT2D eigenvalue weighted by atomic mass is 32.2. The van der Waals surface area contributed by atoms with Crippen molar-refractivity contribution >= 4 is 21.6 Å². The molecule has 2 saturated heterocycles. The van der Waals surface area contributed by atoms with Gasteiger partial charge in [-0.3, -0.25) is 4.79 Å². The molecule has 0 N–H and O–H groups in total. The zero-order valence-corrected chi connectivity index (χ0v) is 18.6. The zero-order chi connectivity index (χ0) is 21.8. The highest BCUT2D eigenvalue weighted by Crippen LogP contribution is 2.26. The number of rotatable bonds is 5. The molecular formula is C23H29N3O4S. The molecule has 0 unspecified atom stereocenters. The fourth-order valence-corrected chi connectivity index (χ4v) is 5.88. The van der Waals surface area contributed by atoms with Gasteiger partial charge < -0.3 is 14.5 Å². The van der Waals surface area contributed by atoms with Gasteiger partial charge in [0.15, 0.2) is 0 Å². The van der Waals surface area contributed by atoms with Crippen molar-refractivity contribution in [2.45, 2.75) is 17.7 Å². The number of amides is 1. The van der Waals surface area contributed by atoms with Gasteiger partial charge in [0.25, 0.3) is 0 Å². The van der Waals surface area contributed by atoms with Crippen LogP contribution in [0.4, 0.5) is 5.69 Å². The molecule has 2 heterocycles. The first-order valence-corrected chi connectivity index (χ1v) is 12.2. The van der Waals surface area contributed by atoms with E-state index in [1.807, 2.05) is 29.2 Å². The molecule has 2 aliphatic heterocycles. The molecule has 31 heavy (non-hydrogen) atoms. The van der Waals surface area contributed by atoms with Crippen molar-refractivity contribution in [1.82, 2.24) is 9.21 Å². The largest absolute Gasteiger partial charge is 0.497 e. The van der Waals surface area contributed by atoms with Gasteiger partial charge in [0.2, 0.25) is 15.9 Å². The average Bonchev–Trinajstić information content (AvgIpc) is 2.84. The van der Waals surface area contributed by atoms with Gasteiger partial charge in [0.05, 0.1) is 17.9 Å². The number of anilines is 1. The molecular weight excluding hydrogens is 414 g/mol. The summed E-state index contributed by atoms with van der Waals surface area (Å²) in [6.45, 7) is 3.54. The lowest BCUT2D eigenvalue weighted by atomic mass is 9.97. The van der Waals surface area contributed by atoms with Crippen LogP contribution in [0.25, 0.3) is 0 Å². The van der Waals surface area contributed by atoms with E-state index in [-0.39, 0.29) is 23.3 Å². The summed E-state index contributed by atoms with van der Waals surface area (Å²) in [6, 6.07) is 16.4. The van der Waals surface area contributed by atoms with Crippen LogP contribution in [0.5, 0.6) is 5.75 Å². The van der Waals surface area contributed by atoms with Crippen LogP contribution in [0.1, 0.15) is 12.8 Å². The Morgan fingerprint density at radius 2 is 1.61 bits per heavy atom. The Kier molecular flexibility index (Phi) is 6.48. The number of piperidine rings is 1. The summed E-state index contributed by atoms with van der Waals surface area (Å²) in [7, 11) is -1.92. The van der Waals surface area contributed by atoms with E-state index in [0.717, 1.165) is 30.9 Å². The molecule has 7 nitrogen and oxygen atoms in total. The predicted octanol–water partition coefficient (Wildman–Crippen LogP) is 2.44. The Labute approximate surface area is 184 Å². The lowest BCUT2D eigenvalue weighted by Gasteiger charge is -2.39. The third-order valence-electron chi connectivity index (χ3n) is 6.14. The monoisotopic (exact) mass is 443 g/mol. The third kappa shape index (κ3) is 4.70. The van der Waals surface area contributed by atoms with Gasteiger partial charge in [-0.05, 0) is 49.2 Å². The van der Waals surface area contributed by atoms with E-state index >= 15 is 0 Å². The second-order valence-corrected chi connectivity index (χ2v) is 9.96. The number of piperazine rings is 1. The summed E-state index contributed by atoms with van der Waals surface area (Å²) in [5.74, 6) is 0.618. The lowest BCUT2D eigenvalue weighted by Crippen LogP contribution is -2.53. The van der Waals surface area contributed by atoms with Gasteiger partial charge in [0.1, 0.15) is 5.75 Å². The minimum absolute atomic E-state index is 0.0716. The molecule has 2 fully saturated rings. The molecule has 4 rings (SSSR count). The second-order valence-electron chi connectivity index (χ2n) is 8.03. The smallest absolute Gasteiger partial charge is 0.243 e. The molecule has 0 aliphatic carbocycles. The first-order chi connectivity index (χ1) is 15.0. The standard InChI is InChI=1S/C23H29N3O4S/c1-30-21-11-9-20(10-12-21)24-14-16-25(17-15-24)23(27)19-6-5-13-26(18-19)31(28,29)22-7-3-2-4-8-22/h2-4,7-12,19H,5-6,13-18H2,1H3/t19-/m1/s1. The van der Waals surface area contributed by atoms with E-state index in [0.29, 0.717) is 26.1 Å². The maximum atomic E-state index is 13.2. The van der Waals surface area contributed by atoms with Crippen LogP contribution in [0.3, 0.4) is 0 Å². The van der Waals surface area contributed by atoms with E-state index in [4.69, 9.17) is 4.74 Å². The molecule has 1 atom stereocenters. The van der Waals surface area contributed by atoms with Gasteiger partial charge in [0, 0.05) is 45.0 Å². The Hall–Kier alpha value is -2.58. The fourth-order valence-electron chi connectivity index (χ4n) is 4.34. The lowest BCUT2D eigenvalue weighted by molar-refractivity contribution is -0.137. The third-order valence-corrected chi connectivity index (χ3v) is 8.02. The Morgan fingerprint density at radius 3 is 2.26 bits per heavy atom. The van der Waals surface area contributed by atoms with Crippen molar-refractivity contribution in [3.05, 3.63) is 54.6 Å². The summed E-state index contributed by atoms with van der Waals surface area (Å²) < 4.78 is 32.6. The Bertz CT molecular complexity index is 987. The van der Waals surface area contributed by atoms with Crippen molar-refractivity contribution < 1.29 is 17.9 Å². The topological polar surface area (TPSA) is 70.2 Å². The Morgan fingerprint density at radius 1 is 0.935 bits per heavy atom. The summed E-state index contributed by atoms with van der Waals surface area (Å²) in [5, 5.41) is 0. The number of benzene rings is 2. The highest BCUT2D eigenvalue weighted by molar-refractivity contribution is 7.89. The summed E-state index contributed by atoms with van der Waals surface area (Å²) in [6.07, 6.45) is 1.44. The molecule has 166 valence electrons. The van der Waals surface area contributed by atoms with Crippen LogP contribution in [0, 0.1) is 5.92 Å². The molecule has 0 spiro atoms. The molecule has 0 aromatic heterocycles. The van der Waals surface area contributed by atoms with Gasteiger partial charge >= 0.3 is 0 Å². The number of sulfonamides is 1. The van der Waals surface area contributed by atoms with E-state index in [9.17, 15) is 13.2 Å². The summed E-state index contributed by atoms with van der Waals surface area (Å²) in [4.78, 5) is 17.6. The Balaban J connectivity index is 1.36.